The van der Waals surface area contributed by atoms with Crippen LogP contribution >= 0.6 is 0 Å². The van der Waals surface area contributed by atoms with Crippen molar-refractivity contribution in [2.24, 2.45) is 0 Å². The highest BCUT2D eigenvalue weighted by atomic mass is 16.4. The maximum Gasteiger partial charge on any atom is 0.345 e. The lowest BCUT2D eigenvalue weighted by molar-refractivity contribution is -0.155. The molecule has 0 aliphatic rings. The first-order valence-corrected chi connectivity index (χ1v) is 9.28. The molecule has 3 aromatic rings. The molecule has 0 aliphatic heterocycles. The second-order valence-corrected chi connectivity index (χ2v) is 7.32. The molecule has 0 heterocycles. The lowest BCUT2D eigenvalue weighted by atomic mass is 9.79. The summed E-state index contributed by atoms with van der Waals surface area (Å²) in [5.41, 5.74) is -10.0. The fourth-order valence-corrected chi connectivity index (χ4v) is 3.56. The average Bonchev–Trinajstić information content (AvgIpc) is 2.72. The number of phenols is 6. The van der Waals surface area contributed by atoms with Gasteiger partial charge >= 0.3 is 11.9 Å². The molecule has 34 heavy (non-hydrogen) atoms. The van der Waals surface area contributed by atoms with Gasteiger partial charge in [-0.1, -0.05) is 0 Å². The second kappa shape index (κ2) is 8.03. The summed E-state index contributed by atoms with van der Waals surface area (Å²) in [5, 5.41) is 102. The molecule has 0 saturated heterocycles. The summed E-state index contributed by atoms with van der Waals surface area (Å²) in [7, 11) is 0. The molecule has 178 valence electrons. The SMILES string of the molecule is O=C(O)C(O)(c1ccc(O)cc1O)c1cc(C(O)(C(=O)O)c2ccc(O)cc2O)c(O)cc1O. The zero-order chi connectivity index (χ0) is 25.6. The molecule has 0 radical (unpaired) electrons. The van der Waals surface area contributed by atoms with Crippen molar-refractivity contribution in [1.29, 1.82) is 0 Å². The van der Waals surface area contributed by atoms with Gasteiger partial charge in [0.1, 0.15) is 34.5 Å². The van der Waals surface area contributed by atoms with E-state index in [9.17, 15) is 60.7 Å². The summed E-state index contributed by atoms with van der Waals surface area (Å²) >= 11 is 0. The van der Waals surface area contributed by atoms with E-state index < -0.39 is 79.9 Å². The van der Waals surface area contributed by atoms with Crippen LogP contribution in [0.15, 0.2) is 48.5 Å². The highest BCUT2D eigenvalue weighted by molar-refractivity contribution is 5.89. The van der Waals surface area contributed by atoms with Crippen LogP contribution in [-0.2, 0) is 20.8 Å². The number of rotatable bonds is 6. The number of aliphatic hydroxyl groups is 2. The summed E-state index contributed by atoms with van der Waals surface area (Å²) in [4.78, 5) is 24.2. The van der Waals surface area contributed by atoms with E-state index in [1.54, 1.807) is 0 Å². The van der Waals surface area contributed by atoms with E-state index in [2.05, 4.69) is 0 Å². The molecule has 12 nitrogen and oxygen atoms in total. The number of aromatic hydroxyl groups is 6. The van der Waals surface area contributed by atoms with Gasteiger partial charge in [0.05, 0.1) is 0 Å². The topological polar surface area (TPSA) is 236 Å². The standard InChI is InChI=1S/C22H18O12/c23-9-1-3-11(15(25)5-9)21(33,19(29)30)13-7-14(18(28)8-17(13)27)22(34,20(31)32)12-4-2-10(24)6-16(12)26/h1-8,23-28,33-34H,(H,29,30)(H,31,32). The third kappa shape index (κ3) is 3.52. The molecule has 10 N–H and O–H groups in total. The third-order valence-electron chi connectivity index (χ3n) is 5.25. The quantitative estimate of drug-likeness (QED) is 0.236. The Morgan fingerprint density at radius 2 is 0.824 bits per heavy atom. The Hall–Kier alpha value is -4.68. The minimum atomic E-state index is -3.28. The van der Waals surface area contributed by atoms with Gasteiger partial charge in [0, 0.05) is 40.5 Å². The van der Waals surface area contributed by atoms with Crippen molar-refractivity contribution in [2.45, 2.75) is 11.2 Å². The molecule has 0 saturated carbocycles. The van der Waals surface area contributed by atoms with Crippen LogP contribution in [-0.4, -0.2) is 63.0 Å². The van der Waals surface area contributed by atoms with E-state index in [1.807, 2.05) is 0 Å². The van der Waals surface area contributed by atoms with Crippen LogP contribution in [0.5, 0.6) is 34.5 Å². The summed E-state index contributed by atoms with van der Waals surface area (Å²) < 4.78 is 0. The van der Waals surface area contributed by atoms with Crippen LogP contribution in [0.1, 0.15) is 22.3 Å². The normalized spacial score (nSPS) is 14.6. The molecular weight excluding hydrogens is 456 g/mol. The van der Waals surface area contributed by atoms with Crippen LogP contribution < -0.4 is 0 Å². The smallest absolute Gasteiger partial charge is 0.345 e. The first-order chi connectivity index (χ1) is 15.7. The van der Waals surface area contributed by atoms with E-state index in [4.69, 9.17) is 0 Å². The fraction of sp³-hybridized carbons (Fsp3) is 0.0909. The molecule has 0 fully saturated rings. The number of phenolic OH excluding ortho intramolecular Hbond substituents is 6. The summed E-state index contributed by atoms with van der Waals surface area (Å²) in [5.74, 6) is -9.08. The maximum atomic E-state index is 12.1. The molecular formula is C22H18O12. The van der Waals surface area contributed by atoms with Gasteiger partial charge < -0.3 is 51.1 Å². The molecule has 0 spiro atoms. The number of carboxylic acids is 2. The number of carboxylic acid groups (broad SMARTS) is 2. The van der Waals surface area contributed by atoms with Gasteiger partial charge in [-0.3, -0.25) is 0 Å². The lowest BCUT2D eigenvalue weighted by Gasteiger charge is -2.30. The van der Waals surface area contributed by atoms with E-state index in [0.29, 0.717) is 24.3 Å². The van der Waals surface area contributed by atoms with Crippen molar-refractivity contribution in [3.63, 3.8) is 0 Å². The van der Waals surface area contributed by atoms with E-state index in [-0.39, 0.29) is 0 Å². The Morgan fingerprint density at radius 1 is 0.500 bits per heavy atom. The van der Waals surface area contributed by atoms with Gasteiger partial charge in [-0.15, -0.1) is 0 Å². The van der Waals surface area contributed by atoms with Gasteiger partial charge in [0.15, 0.2) is 0 Å². The number of aliphatic carboxylic acids is 2. The predicted molar refractivity (Wildman–Crippen MR) is 111 cm³/mol. The fourth-order valence-electron chi connectivity index (χ4n) is 3.56. The molecule has 0 amide bonds. The molecule has 0 bridgehead atoms. The number of benzene rings is 3. The Labute approximate surface area is 189 Å². The Kier molecular flexibility index (Phi) is 5.66. The first kappa shape index (κ1) is 24.0. The molecule has 0 aromatic heterocycles. The van der Waals surface area contributed by atoms with Crippen molar-refractivity contribution < 1.29 is 60.7 Å². The number of hydrogen-bond acceptors (Lipinski definition) is 10. The highest BCUT2D eigenvalue weighted by Crippen LogP contribution is 2.47. The molecule has 3 aromatic carbocycles. The van der Waals surface area contributed by atoms with Gasteiger partial charge in [0.2, 0.25) is 11.2 Å². The monoisotopic (exact) mass is 474 g/mol. The van der Waals surface area contributed by atoms with Crippen molar-refractivity contribution >= 4 is 11.9 Å². The summed E-state index contributed by atoms with van der Waals surface area (Å²) in [6.07, 6.45) is 0. The third-order valence-corrected chi connectivity index (χ3v) is 5.25. The van der Waals surface area contributed by atoms with Crippen molar-refractivity contribution in [3.8, 4) is 34.5 Å². The van der Waals surface area contributed by atoms with E-state index in [1.165, 1.54) is 0 Å². The molecule has 2 unspecified atom stereocenters. The maximum absolute atomic E-state index is 12.1. The van der Waals surface area contributed by atoms with Gasteiger partial charge in [-0.25, -0.2) is 9.59 Å². The van der Waals surface area contributed by atoms with Crippen LogP contribution in [0.25, 0.3) is 0 Å². The Balaban J connectivity index is 2.39. The first-order valence-electron chi connectivity index (χ1n) is 9.28. The Morgan fingerprint density at radius 3 is 1.12 bits per heavy atom. The van der Waals surface area contributed by atoms with E-state index >= 15 is 0 Å². The van der Waals surface area contributed by atoms with Crippen molar-refractivity contribution in [3.05, 3.63) is 70.8 Å². The van der Waals surface area contributed by atoms with Gasteiger partial charge in [-0.2, -0.15) is 0 Å². The second-order valence-electron chi connectivity index (χ2n) is 7.32. The van der Waals surface area contributed by atoms with E-state index in [0.717, 1.165) is 24.3 Å². The minimum absolute atomic E-state index is 0.446. The van der Waals surface area contributed by atoms with Gasteiger partial charge in [-0.05, 0) is 30.3 Å². The van der Waals surface area contributed by atoms with Crippen molar-refractivity contribution in [2.75, 3.05) is 0 Å². The predicted octanol–water partition coefficient (Wildman–Crippen LogP) is 0.561. The van der Waals surface area contributed by atoms with Gasteiger partial charge in [0.25, 0.3) is 0 Å². The van der Waals surface area contributed by atoms with Crippen LogP contribution in [0, 0.1) is 0 Å². The van der Waals surface area contributed by atoms with Crippen LogP contribution in [0.3, 0.4) is 0 Å². The molecule has 12 heteroatoms. The van der Waals surface area contributed by atoms with Crippen LogP contribution in [0.4, 0.5) is 0 Å². The number of hydrogen-bond donors (Lipinski definition) is 10. The molecule has 0 aliphatic carbocycles. The number of carbonyl (C=O) groups is 2. The molecule has 3 rings (SSSR count). The Bertz CT molecular complexity index is 1220. The molecule has 2 atom stereocenters. The average molecular weight is 474 g/mol. The lowest BCUT2D eigenvalue weighted by Crippen LogP contribution is -2.39. The summed E-state index contributed by atoms with van der Waals surface area (Å²) in [6.45, 7) is 0. The zero-order valence-electron chi connectivity index (χ0n) is 16.9. The summed E-state index contributed by atoms with van der Waals surface area (Å²) in [6, 6.07) is 5.78. The largest absolute Gasteiger partial charge is 0.508 e. The highest BCUT2D eigenvalue weighted by Gasteiger charge is 2.49. The minimum Gasteiger partial charge on any atom is -0.508 e. The van der Waals surface area contributed by atoms with Crippen LogP contribution in [0.2, 0.25) is 0 Å². The van der Waals surface area contributed by atoms with Crippen molar-refractivity contribution in [1.82, 2.24) is 0 Å². The zero-order valence-corrected chi connectivity index (χ0v) is 16.9.